The van der Waals surface area contributed by atoms with Crippen LogP contribution in [-0.2, 0) is 7.05 Å². The number of hydrogen-bond donors (Lipinski definition) is 1. The van der Waals surface area contributed by atoms with Crippen molar-refractivity contribution in [1.82, 2.24) is 14.5 Å². The van der Waals surface area contributed by atoms with Crippen molar-refractivity contribution < 1.29 is 9.53 Å². The second kappa shape index (κ2) is 5.67. The summed E-state index contributed by atoms with van der Waals surface area (Å²) in [4.78, 5) is 19.8. The molecule has 0 fully saturated rings. The van der Waals surface area contributed by atoms with Gasteiger partial charge in [-0.2, -0.15) is 0 Å². The van der Waals surface area contributed by atoms with Crippen LogP contribution in [0.15, 0.2) is 36.8 Å². The number of Topliss-reactive ketones (excluding diaryl/α,β-unsaturated/α-hetero) is 1. The monoisotopic (exact) mass is 297 g/mol. The summed E-state index contributed by atoms with van der Waals surface area (Å²) >= 11 is 0. The Bertz CT molecular complexity index is 816. The van der Waals surface area contributed by atoms with E-state index in [4.69, 9.17) is 4.74 Å². The molecule has 114 valence electrons. The summed E-state index contributed by atoms with van der Waals surface area (Å²) in [6.07, 6.45) is 5.83. The number of imidazole rings is 1. The zero-order valence-electron chi connectivity index (χ0n) is 13.0. The van der Waals surface area contributed by atoms with Gasteiger partial charge in [0.05, 0.1) is 7.11 Å². The maximum absolute atomic E-state index is 12.4. The largest absolute Gasteiger partial charge is 0.497 e. The normalized spacial score (nSPS) is 12.5. The molecule has 0 bridgehead atoms. The van der Waals surface area contributed by atoms with Crippen molar-refractivity contribution in [1.29, 1.82) is 0 Å². The minimum absolute atomic E-state index is 0.0530. The number of carbonyl (C=O) groups is 1. The summed E-state index contributed by atoms with van der Waals surface area (Å²) in [7, 11) is 3.49. The van der Waals surface area contributed by atoms with E-state index >= 15 is 0 Å². The van der Waals surface area contributed by atoms with Crippen molar-refractivity contribution in [3.63, 3.8) is 0 Å². The number of H-pyrrole nitrogens is 1. The molecule has 1 aromatic carbocycles. The van der Waals surface area contributed by atoms with Crippen molar-refractivity contribution >= 4 is 16.7 Å². The lowest BCUT2D eigenvalue weighted by molar-refractivity contribution is 0.0963. The number of benzene rings is 1. The molecule has 0 saturated carbocycles. The van der Waals surface area contributed by atoms with Gasteiger partial charge in [0.15, 0.2) is 11.6 Å². The van der Waals surface area contributed by atoms with E-state index in [1.165, 1.54) is 0 Å². The second-order valence-corrected chi connectivity index (χ2v) is 5.55. The number of ketones is 1. The molecule has 0 aliphatic rings. The number of ether oxygens (including phenoxy) is 1. The predicted molar refractivity (Wildman–Crippen MR) is 85.4 cm³/mol. The van der Waals surface area contributed by atoms with E-state index in [0.717, 1.165) is 22.2 Å². The first-order chi connectivity index (χ1) is 10.6. The highest BCUT2D eigenvalue weighted by molar-refractivity contribution is 5.94. The van der Waals surface area contributed by atoms with Crippen LogP contribution < -0.4 is 4.74 Å². The predicted octanol–water partition coefficient (Wildman–Crippen LogP) is 3.29. The van der Waals surface area contributed by atoms with Crippen molar-refractivity contribution in [3.05, 3.63) is 48.2 Å². The van der Waals surface area contributed by atoms with Crippen LogP contribution in [0.5, 0.6) is 5.75 Å². The smallest absolute Gasteiger partial charge is 0.198 e. The lowest BCUT2D eigenvalue weighted by Crippen LogP contribution is -2.10. The zero-order chi connectivity index (χ0) is 15.7. The Balaban J connectivity index is 1.87. The van der Waals surface area contributed by atoms with Crippen LogP contribution in [0.3, 0.4) is 0 Å². The maximum Gasteiger partial charge on any atom is 0.198 e. The van der Waals surface area contributed by atoms with E-state index in [1.54, 1.807) is 24.1 Å². The van der Waals surface area contributed by atoms with Gasteiger partial charge in [0, 0.05) is 43.0 Å². The minimum atomic E-state index is 0.0530. The lowest BCUT2D eigenvalue weighted by Gasteiger charge is -2.10. The van der Waals surface area contributed by atoms with Crippen molar-refractivity contribution in [3.8, 4) is 5.75 Å². The van der Waals surface area contributed by atoms with Gasteiger partial charge in [0.1, 0.15) is 5.75 Å². The number of aromatic amines is 1. The average Bonchev–Trinajstić information content (AvgIpc) is 3.12. The summed E-state index contributed by atoms with van der Waals surface area (Å²) in [5.41, 5.74) is 2.17. The SMILES string of the molecule is COc1ccc2[nH]cc(C(C)CC(=O)c3nccn3C)c2c1. The molecule has 0 radical (unpaired) electrons. The molecule has 1 unspecified atom stereocenters. The highest BCUT2D eigenvalue weighted by atomic mass is 16.5. The third-order valence-corrected chi connectivity index (χ3v) is 4.01. The number of methoxy groups -OCH3 is 1. The lowest BCUT2D eigenvalue weighted by atomic mass is 9.95. The molecule has 2 heterocycles. The van der Waals surface area contributed by atoms with Gasteiger partial charge in [-0.05, 0) is 29.7 Å². The topological polar surface area (TPSA) is 59.9 Å². The molecule has 3 rings (SSSR count). The summed E-state index contributed by atoms with van der Waals surface area (Å²) in [6.45, 7) is 2.06. The van der Waals surface area contributed by atoms with Gasteiger partial charge in [-0.15, -0.1) is 0 Å². The van der Waals surface area contributed by atoms with Crippen LogP contribution in [-0.4, -0.2) is 27.4 Å². The third-order valence-electron chi connectivity index (χ3n) is 4.01. The molecule has 22 heavy (non-hydrogen) atoms. The Kier molecular flexibility index (Phi) is 3.71. The van der Waals surface area contributed by atoms with Gasteiger partial charge in [0.2, 0.25) is 0 Å². The molecule has 5 nitrogen and oxygen atoms in total. The van der Waals surface area contributed by atoms with Crippen molar-refractivity contribution in [2.24, 2.45) is 7.05 Å². The number of nitrogens with zero attached hydrogens (tertiary/aromatic N) is 2. The summed E-state index contributed by atoms with van der Waals surface area (Å²) in [5, 5.41) is 1.10. The average molecular weight is 297 g/mol. The molecule has 1 atom stereocenters. The van der Waals surface area contributed by atoms with Crippen LogP contribution in [0.4, 0.5) is 0 Å². The molecule has 0 spiro atoms. The van der Waals surface area contributed by atoms with Crippen LogP contribution in [0, 0.1) is 0 Å². The van der Waals surface area contributed by atoms with Crippen molar-refractivity contribution in [2.45, 2.75) is 19.3 Å². The van der Waals surface area contributed by atoms with Gasteiger partial charge < -0.3 is 14.3 Å². The minimum Gasteiger partial charge on any atom is -0.497 e. The molecular weight excluding hydrogens is 278 g/mol. The first-order valence-corrected chi connectivity index (χ1v) is 7.25. The fourth-order valence-corrected chi connectivity index (χ4v) is 2.77. The first-order valence-electron chi connectivity index (χ1n) is 7.25. The van der Waals surface area contributed by atoms with Gasteiger partial charge in [-0.25, -0.2) is 4.98 Å². The van der Waals surface area contributed by atoms with Gasteiger partial charge in [-0.1, -0.05) is 6.92 Å². The highest BCUT2D eigenvalue weighted by Gasteiger charge is 2.19. The molecule has 5 heteroatoms. The summed E-state index contributed by atoms with van der Waals surface area (Å²) < 4.78 is 7.05. The third kappa shape index (κ3) is 2.50. The summed E-state index contributed by atoms with van der Waals surface area (Å²) in [5.74, 6) is 1.47. The highest BCUT2D eigenvalue weighted by Crippen LogP contribution is 2.30. The quantitative estimate of drug-likeness (QED) is 0.735. The van der Waals surface area contributed by atoms with Gasteiger partial charge in [0.25, 0.3) is 0 Å². The molecule has 2 aromatic heterocycles. The molecule has 0 saturated heterocycles. The maximum atomic E-state index is 12.4. The molecule has 0 amide bonds. The number of aryl methyl sites for hydroxylation is 1. The Hall–Kier alpha value is -2.56. The second-order valence-electron chi connectivity index (χ2n) is 5.55. The molecule has 0 aliphatic heterocycles. The molecule has 0 aliphatic carbocycles. The number of aromatic nitrogens is 3. The van der Waals surface area contributed by atoms with Crippen molar-refractivity contribution in [2.75, 3.05) is 7.11 Å². The number of hydrogen-bond acceptors (Lipinski definition) is 3. The van der Waals surface area contributed by atoms with Gasteiger partial charge >= 0.3 is 0 Å². The van der Waals surface area contributed by atoms with Crippen LogP contribution in [0.25, 0.3) is 10.9 Å². The van der Waals surface area contributed by atoms with E-state index in [9.17, 15) is 4.79 Å². The van der Waals surface area contributed by atoms with Gasteiger partial charge in [-0.3, -0.25) is 4.79 Å². The Morgan fingerprint density at radius 1 is 1.45 bits per heavy atom. The molecular formula is C17H19N3O2. The fourth-order valence-electron chi connectivity index (χ4n) is 2.77. The molecule has 1 N–H and O–H groups in total. The Morgan fingerprint density at radius 2 is 2.27 bits per heavy atom. The Morgan fingerprint density at radius 3 is 2.95 bits per heavy atom. The number of rotatable bonds is 5. The number of nitrogens with one attached hydrogen (secondary N) is 1. The Labute approximate surface area is 128 Å². The van der Waals surface area contributed by atoms with Crippen LogP contribution >= 0.6 is 0 Å². The van der Waals surface area contributed by atoms with E-state index in [2.05, 4.69) is 16.9 Å². The summed E-state index contributed by atoms with van der Waals surface area (Å²) in [6, 6.07) is 5.92. The van der Waals surface area contributed by atoms with E-state index in [0.29, 0.717) is 12.2 Å². The fraction of sp³-hybridized carbons (Fsp3) is 0.294. The first kappa shape index (κ1) is 14.4. The number of fused-ring (bicyclic) bond motifs is 1. The van der Waals surface area contributed by atoms with E-state index < -0.39 is 0 Å². The van der Waals surface area contributed by atoms with E-state index in [1.807, 2.05) is 31.4 Å². The molecule has 3 aromatic rings. The van der Waals surface area contributed by atoms with Crippen LogP contribution in [0.2, 0.25) is 0 Å². The van der Waals surface area contributed by atoms with Crippen LogP contribution in [0.1, 0.15) is 35.4 Å². The number of carbonyl (C=O) groups excluding carboxylic acids is 1. The van der Waals surface area contributed by atoms with E-state index in [-0.39, 0.29) is 11.7 Å². The standard InChI is InChI=1S/C17H19N3O2/c1-11(8-16(21)17-18-6-7-20(17)2)14-10-19-15-5-4-12(22-3)9-13(14)15/h4-7,9-11,19H,8H2,1-3H3. The zero-order valence-corrected chi connectivity index (χ0v) is 13.0.